The van der Waals surface area contributed by atoms with Gasteiger partial charge in [-0.25, -0.2) is 0 Å². The number of nitrogens with zero attached hydrogens (tertiary/aromatic N) is 1. The first-order valence-corrected chi connectivity index (χ1v) is 5.91. The van der Waals surface area contributed by atoms with E-state index in [0.717, 1.165) is 19.5 Å². The number of carbonyl (C=O) groups excluding carboxylic acids is 1. The summed E-state index contributed by atoms with van der Waals surface area (Å²) in [5, 5.41) is 3.11. The molecular formula is C13H16N2O. The van der Waals surface area contributed by atoms with Crippen LogP contribution >= 0.6 is 0 Å². The van der Waals surface area contributed by atoms with Crippen LogP contribution in [0.25, 0.3) is 0 Å². The molecule has 16 heavy (non-hydrogen) atoms. The molecule has 2 fully saturated rings. The molecule has 3 nitrogen and oxygen atoms in total. The highest BCUT2D eigenvalue weighted by molar-refractivity contribution is 5.80. The van der Waals surface area contributed by atoms with E-state index in [9.17, 15) is 4.79 Å². The Morgan fingerprint density at radius 3 is 2.81 bits per heavy atom. The van der Waals surface area contributed by atoms with Crippen LogP contribution in [0.15, 0.2) is 30.3 Å². The van der Waals surface area contributed by atoms with Crippen molar-refractivity contribution in [2.24, 2.45) is 0 Å². The maximum atomic E-state index is 11.7. The Hall–Kier alpha value is -1.35. The lowest BCUT2D eigenvalue weighted by atomic mass is 10.1. The maximum Gasteiger partial charge on any atom is 0.236 e. The molecule has 1 aromatic rings. The van der Waals surface area contributed by atoms with Gasteiger partial charge < -0.3 is 10.2 Å². The quantitative estimate of drug-likeness (QED) is 0.799. The van der Waals surface area contributed by atoms with Crippen molar-refractivity contribution in [2.75, 3.05) is 19.6 Å². The second-order valence-electron chi connectivity index (χ2n) is 4.58. The first-order valence-electron chi connectivity index (χ1n) is 5.91. The van der Waals surface area contributed by atoms with Crippen LogP contribution in [-0.2, 0) is 4.79 Å². The van der Waals surface area contributed by atoms with E-state index in [2.05, 4.69) is 29.6 Å². The number of benzene rings is 1. The molecule has 3 rings (SSSR count). The molecule has 1 aliphatic carbocycles. The molecule has 1 N–H and O–H groups in total. The zero-order chi connectivity index (χ0) is 11.0. The number of carbonyl (C=O) groups is 1. The standard InChI is InChI=1S/C13H16N2O/c16-13-9-14-6-7-15(13)12-8-11(12)10-4-2-1-3-5-10/h1-5,11-12,14H,6-9H2. The predicted octanol–water partition coefficient (Wildman–Crippen LogP) is 0.974. The van der Waals surface area contributed by atoms with Gasteiger partial charge in [0.1, 0.15) is 0 Å². The number of amides is 1. The molecule has 1 saturated heterocycles. The minimum Gasteiger partial charge on any atom is -0.337 e. The van der Waals surface area contributed by atoms with Gasteiger partial charge in [-0.05, 0) is 12.0 Å². The van der Waals surface area contributed by atoms with E-state index in [1.54, 1.807) is 0 Å². The van der Waals surface area contributed by atoms with E-state index in [1.165, 1.54) is 5.56 Å². The lowest BCUT2D eigenvalue weighted by Gasteiger charge is -2.27. The van der Waals surface area contributed by atoms with Crippen molar-refractivity contribution in [3.8, 4) is 0 Å². The molecule has 0 radical (unpaired) electrons. The first-order chi connectivity index (χ1) is 7.86. The zero-order valence-electron chi connectivity index (χ0n) is 9.23. The molecule has 1 saturated carbocycles. The fraction of sp³-hybridized carbons (Fsp3) is 0.462. The van der Waals surface area contributed by atoms with Crippen molar-refractivity contribution < 1.29 is 4.79 Å². The summed E-state index contributed by atoms with van der Waals surface area (Å²) in [5.74, 6) is 0.831. The SMILES string of the molecule is O=C1CNCCN1C1CC1c1ccccc1. The van der Waals surface area contributed by atoms with Gasteiger partial charge in [-0.1, -0.05) is 30.3 Å². The molecule has 0 aromatic heterocycles. The Kier molecular flexibility index (Phi) is 2.40. The van der Waals surface area contributed by atoms with Crippen LogP contribution in [0.3, 0.4) is 0 Å². The van der Waals surface area contributed by atoms with E-state index in [4.69, 9.17) is 0 Å². The number of piperazine rings is 1. The fourth-order valence-corrected chi connectivity index (χ4v) is 2.56. The number of rotatable bonds is 2. The molecule has 84 valence electrons. The van der Waals surface area contributed by atoms with Crippen molar-refractivity contribution in [1.82, 2.24) is 10.2 Å². The first kappa shape index (κ1) is 9.85. The molecule has 0 spiro atoms. The minimum absolute atomic E-state index is 0.259. The Balaban J connectivity index is 1.69. The van der Waals surface area contributed by atoms with Gasteiger partial charge in [0.25, 0.3) is 0 Å². The van der Waals surface area contributed by atoms with E-state index >= 15 is 0 Å². The molecular weight excluding hydrogens is 200 g/mol. The summed E-state index contributed by atoms with van der Waals surface area (Å²) in [4.78, 5) is 13.8. The topological polar surface area (TPSA) is 32.3 Å². The van der Waals surface area contributed by atoms with Crippen LogP contribution in [0.4, 0.5) is 0 Å². The molecule has 2 atom stereocenters. The van der Waals surface area contributed by atoms with Gasteiger partial charge in [-0.2, -0.15) is 0 Å². The summed E-state index contributed by atoms with van der Waals surface area (Å²) in [6.07, 6.45) is 1.13. The summed E-state index contributed by atoms with van der Waals surface area (Å²) >= 11 is 0. The summed E-state index contributed by atoms with van der Waals surface area (Å²) in [5.41, 5.74) is 1.37. The third kappa shape index (κ3) is 1.71. The van der Waals surface area contributed by atoms with Gasteiger partial charge in [0.05, 0.1) is 6.54 Å². The monoisotopic (exact) mass is 216 g/mol. The highest BCUT2D eigenvalue weighted by Gasteiger charge is 2.44. The fourth-order valence-electron chi connectivity index (χ4n) is 2.56. The normalized spacial score (nSPS) is 29.2. The lowest BCUT2D eigenvalue weighted by Crippen LogP contribution is -2.49. The van der Waals surface area contributed by atoms with Crippen LogP contribution < -0.4 is 5.32 Å². The highest BCUT2D eigenvalue weighted by atomic mass is 16.2. The van der Waals surface area contributed by atoms with E-state index in [0.29, 0.717) is 18.5 Å². The van der Waals surface area contributed by atoms with Gasteiger partial charge in [0.2, 0.25) is 5.91 Å². The van der Waals surface area contributed by atoms with Crippen molar-refractivity contribution in [2.45, 2.75) is 18.4 Å². The third-order valence-electron chi connectivity index (χ3n) is 3.51. The van der Waals surface area contributed by atoms with E-state index in [1.807, 2.05) is 11.0 Å². The summed E-state index contributed by atoms with van der Waals surface area (Å²) in [6, 6.07) is 11.0. The largest absolute Gasteiger partial charge is 0.337 e. The summed E-state index contributed by atoms with van der Waals surface area (Å²) in [7, 11) is 0. The highest BCUT2D eigenvalue weighted by Crippen LogP contribution is 2.44. The molecule has 0 bridgehead atoms. The van der Waals surface area contributed by atoms with Gasteiger partial charge >= 0.3 is 0 Å². The van der Waals surface area contributed by atoms with Gasteiger partial charge in [0.15, 0.2) is 0 Å². The lowest BCUT2D eigenvalue weighted by molar-refractivity contribution is -0.132. The van der Waals surface area contributed by atoms with Crippen LogP contribution in [0.1, 0.15) is 17.9 Å². The van der Waals surface area contributed by atoms with Crippen molar-refractivity contribution in [1.29, 1.82) is 0 Å². The second kappa shape index (κ2) is 3.91. The molecule has 1 heterocycles. The average molecular weight is 216 g/mol. The zero-order valence-corrected chi connectivity index (χ0v) is 9.23. The average Bonchev–Trinajstić information content (AvgIpc) is 3.11. The third-order valence-corrected chi connectivity index (χ3v) is 3.51. The Morgan fingerprint density at radius 1 is 1.25 bits per heavy atom. The Labute approximate surface area is 95.4 Å². The van der Waals surface area contributed by atoms with Gasteiger partial charge in [-0.3, -0.25) is 4.79 Å². The molecule has 1 amide bonds. The molecule has 2 unspecified atom stereocenters. The van der Waals surface area contributed by atoms with Gasteiger partial charge in [0, 0.05) is 25.0 Å². The smallest absolute Gasteiger partial charge is 0.236 e. The Bertz CT molecular complexity index is 390. The maximum absolute atomic E-state index is 11.7. The molecule has 1 aromatic carbocycles. The predicted molar refractivity (Wildman–Crippen MR) is 62.2 cm³/mol. The molecule has 1 aliphatic heterocycles. The number of hydrogen-bond donors (Lipinski definition) is 1. The van der Waals surface area contributed by atoms with Crippen LogP contribution in [0.5, 0.6) is 0 Å². The van der Waals surface area contributed by atoms with E-state index < -0.39 is 0 Å². The van der Waals surface area contributed by atoms with Crippen molar-refractivity contribution in [3.63, 3.8) is 0 Å². The summed E-state index contributed by atoms with van der Waals surface area (Å²) < 4.78 is 0. The van der Waals surface area contributed by atoms with Crippen LogP contribution in [0.2, 0.25) is 0 Å². The van der Waals surface area contributed by atoms with Gasteiger partial charge in [-0.15, -0.1) is 0 Å². The van der Waals surface area contributed by atoms with Crippen molar-refractivity contribution >= 4 is 5.91 Å². The van der Waals surface area contributed by atoms with Crippen molar-refractivity contribution in [3.05, 3.63) is 35.9 Å². The van der Waals surface area contributed by atoms with Crippen LogP contribution in [-0.4, -0.2) is 36.5 Å². The molecule has 2 aliphatic rings. The van der Waals surface area contributed by atoms with E-state index in [-0.39, 0.29) is 5.91 Å². The Morgan fingerprint density at radius 2 is 2.06 bits per heavy atom. The molecule has 3 heteroatoms. The minimum atomic E-state index is 0.259. The van der Waals surface area contributed by atoms with Crippen LogP contribution in [0, 0.1) is 0 Å². The summed E-state index contributed by atoms with van der Waals surface area (Å²) in [6.45, 7) is 2.31. The number of nitrogens with one attached hydrogen (secondary N) is 1. The number of hydrogen-bond acceptors (Lipinski definition) is 2. The second-order valence-corrected chi connectivity index (χ2v) is 4.58.